The third-order valence-electron chi connectivity index (χ3n) is 5.03. The first-order valence-corrected chi connectivity index (χ1v) is 11.2. The van der Waals surface area contributed by atoms with Gasteiger partial charge in [0.2, 0.25) is 10.0 Å². The Morgan fingerprint density at radius 3 is 2.28 bits per heavy atom. The summed E-state index contributed by atoms with van der Waals surface area (Å²) in [6.45, 7) is 7.18. The first-order valence-electron chi connectivity index (χ1n) is 9.59. The van der Waals surface area contributed by atoms with Gasteiger partial charge in [-0.25, -0.2) is 17.2 Å². The molecular weight excluding hydrogens is 400 g/mol. The van der Waals surface area contributed by atoms with Crippen LogP contribution in [0.4, 0.5) is 20.4 Å². The van der Waals surface area contributed by atoms with E-state index in [1.54, 1.807) is 0 Å². The molecule has 7 nitrogen and oxygen atoms in total. The molecule has 0 aliphatic carbocycles. The molecule has 3 rings (SSSR count). The van der Waals surface area contributed by atoms with Crippen molar-refractivity contribution in [3.05, 3.63) is 47.5 Å². The average molecular weight is 426 g/mol. The first kappa shape index (κ1) is 21.4. The second kappa shape index (κ2) is 9.00. The minimum atomic E-state index is -3.75. The normalized spacial score (nSPS) is 15.5. The molecule has 1 aliphatic rings. The summed E-state index contributed by atoms with van der Waals surface area (Å²) in [4.78, 5) is 4.06. The van der Waals surface area contributed by atoms with Gasteiger partial charge in [0, 0.05) is 44.8 Å². The van der Waals surface area contributed by atoms with Crippen LogP contribution in [0, 0.1) is 11.6 Å². The lowest BCUT2D eigenvalue weighted by molar-refractivity contribution is 0.382. The monoisotopic (exact) mass is 425 g/mol. The van der Waals surface area contributed by atoms with E-state index in [4.69, 9.17) is 0 Å². The van der Waals surface area contributed by atoms with Gasteiger partial charge in [-0.2, -0.15) is 4.31 Å². The molecule has 0 radical (unpaired) electrons. The summed E-state index contributed by atoms with van der Waals surface area (Å²) in [6.07, 6.45) is 0. The van der Waals surface area contributed by atoms with Crippen molar-refractivity contribution in [2.45, 2.75) is 19.6 Å². The zero-order chi connectivity index (χ0) is 21.0. The largest absolute Gasteiger partial charge is 0.356 e. The number of aromatic nitrogens is 2. The molecule has 29 heavy (non-hydrogen) atoms. The number of sulfonamides is 1. The Morgan fingerprint density at radius 1 is 1.00 bits per heavy atom. The molecule has 0 saturated carbocycles. The van der Waals surface area contributed by atoms with E-state index in [0.717, 1.165) is 37.1 Å². The van der Waals surface area contributed by atoms with Crippen molar-refractivity contribution in [2.75, 3.05) is 49.1 Å². The Balaban J connectivity index is 1.63. The van der Waals surface area contributed by atoms with Crippen LogP contribution >= 0.6 is 0 Å². The molecule has 0 unspecified atom stereocenters. The Hall–Kier alpha value is -2.33. The van der Waals surface area contributed by atoms with Gasteiger partial charge in [0.1, 0.15) is 11.6 Å². The summed E-state index contributed by atoms with van der Waals surface area (Å²) in [7, 11) is -3.75. The average Bonchev–Trinajstić information content (AvgIpc) is 2.72. The van der Waals surface area contributed by atoms with Gasteiger partial charge in [-0.05, 0) is 44.2 Å². The minimum Gasteiger partial charge on any atom is -0.356 e. The molecule has 2 aromatic rings. The van der Waals surface area contributed by atoms with E-state index < -0.39 is 27.4 Å². The van der Waals surface area contributed by atoms with Crippen LogP contribution in [-0.2, 0) is 15.8 Å². The van der Waals surface area contributed by atoms with E-state index >= 15 is 0 Å². The predicted molar refractivity (Wildman–Crippen MR) is 108 cm³/mol. The van der Waals surface area contributed by atoms with Crippen LogP contribution in [0.1, 0.15) is 19.4 Å². The van der Waals surface area contributed by atoms with E-state index in [0.29, 0.717) is 18.9 Å². The van der Waals surface area contributed by atoms with Crippen LogP contribution in [-0.4, -0.2) is 62.2 Å². The van der Waals surface area contributed by atoms with Crippen LogP contribution in [0.2, 0.25) is 0 Å². The Bertz CT molecular complexity index is 928. The molecule has 1 aromatic carbocycles. The SMILES string of the molecule is CCN(CC)c1ccc(N2CCN(S(=O)(=O)Cc3cc(F)ccc3F)CC2)nn1. The van der Waals surface area contributed by atoms with Crippen molar-refractivity contribution in [3.8, 4) is 0 Å². The fourth-order valence-electron chi connectivity index (χ4n) is 3.34. The lowest BCUT2D eigenvalue weighted by Gasteiger charge is -2.34. The topological polar surface area (TPSA) is 69.6 Å². The van der Waals surface area contributed by atoms with E-state index in [1.165, 1.54) is 4.31 Å². The zero-order valence-electron chi connectivity index (χ0n) is 16.6. The Kier molecular flexibility index (Phi) is 6.63. The molecule has 0 bridgehead atoms. The second-order valence-electron chi connectivity index (χ2n) is 6.80. The summed E-state index contributed by atoms with van der Waals surface area (Å²) in [6, 6.07) is 6.63. The number of hydrogen-bond acceptors (Lipinski definition) is 6. The first-order chi connectivity index (χ1) is 13.8. The van der Waals surface area contributed by atoms with Crippen LogP contribution in [0.3, 0.4) is 0 Å². The highest BCUT2D eigenvalue weighted by Crippen LogP contribution is 2.20. The van der Waals surface area contributed by atoms with Crippen molar-refractivity contribution in [2.24, 2.45) is 0 Å². The van der Waals surface area contributed by atoms with Gasteiger partial charge in [0.05, 0.1) is 5.75 Å². The third kappa shape index (κ3) is 4.99. The third-order valence-corrected chi connectivity index (χ3v) is 6.85. The highest BCUT2D eigenvalue weighted by molar-refractivity contribution is 7.88. The lowest BCUT2D eigenvalue weighted by Crippen LogP contribution is -2.49. The van der Waals surface area contributed by atoms with Crippen LogP contribution < -0.4 is 9.80 Å². The zero-order valence-corrected chi connectivity index (χ0v) is 17.4. The number of rotatable bonds is 7. The molecule has 0 spiro atoms. The Labute approximate surface area is 170 Å². The number of benzene rings is 1. The number of halogens is 2. The summed E-state index contributed by atoms with van der Waals surface area (Å²) in [5.74, 6) is -0.453. The molecule has 10 heteroatoms. The molecule has 1 fully saturated rings. The molecule has 1 aromatic heterocycles. The van der Waals surface area contributed by atoms with Crippen molar-refractivity contribution >= 4 is 21.7 Å². The molecule has 1 saturated heterocycles. The maximum Gasteiger partial charge on any atom is 0.218 e. The molecular formula is C19H25F2N5O2S. The molecule has 0 N–H and O–H groups in total. The predicted octanol–water partition coefficient (Wildman–Crippen LogP) is 2.25. The van der Waals surface area contributed by atoms with Crippen molar-refractivity contribution in [1.29, 1.82) is 0 Å². The van der Waals surface area contributed by atoms with Gasteiger partial charge in [-0.3, -0.25) is 0 Å². The summed E-state index contributed by atoms with van der Waals surface area (Å²) >= 11 is 0. The smallest absolute Gasteiger partial charge is 0.218 e. The Morgan fingerprint density at radius 2 is 1.69 bits per heavy atom. The molecule has 0 atom stereocenters. The van der Waals surface area contributed by atoms with Gasteiger partial charge < -0.3 is 9.80 Å². The number of hydrogen-bond donors (Lipinski definition) is 0. The fraction of sp³-hybridized carbons (Fsp3) is 0.474. The number of nitrogens with zero attached hydrogens (tertiary/aromatic N) is 5. The quantitative estimate of drug-likeness (QED) is 0.678. The summed E-state index contributed by atoms with van der Waals surface area (Å²) in [5, 5.41) is 8.53. The second-order valence-corrected chi connectivity index (χ2v) is 8.77. The van der Waals surface area contributed by atoms with Crippen molar-refractivity contribution in [1.82, 2.24) is 14.5 Å². The highest BCUT2D eigenvalue weighted by Gasteiger charge is 2.28. The maximum atomic E-state index is 13.8. The fourth-order valence-corrected chi connectivity index (χ4v) is 4.86. The van der Waals surface area contributed by atoms with Crippen LogP contribution in [0.25, 0.3) is 0 Å². The van der Waals surface area contributed by atoms with Crippen molar-refractivity contribution in [3.63, 3.8) is 0 Å². The van der Waals surface area contributed by atoms with Gasteiger partial charge in [-0.15, -0.1) is 10.2 Å². The van der Waals surface area contributed by atoms with Gasteiger partial charge >= 0.3 is 0 Å². The number of anilines is 2. The van der Waals surface area contributed by atoms with Gasteiger partial charge in [-0.1, -0.05) is 0 Å². The number of piperazine rings is 1. The molecule has 2 heterocycles. The van der Waals surface area contributed by atoms with E-state index in [-0.39, 0.29) is 18.7 Å². The standard InChI is InChI=1S/C19H25F2N5O2S/c1-3-24(4-2)18-7-8-19(23-22-18)25-9-11-26(12-10-25)29(27,28)14-15-13-16(20)5-6-17(15)21/h5-8,13H,3-4,9-12,14H2,1-2H3. The summed E-state index contributed by atoms with van der Waals surface area (Å²) in [5.41, 5.74) is -0.162. The van der Waals surface area contributed by atoms with E-state index in [2.05, 4.69) is 28.9 Å². The van der Waals surface area contributed by atoms with Crippen molar-refractivity contribution < 1.29 is 17.2 Å². The van der Waals surface area contributed by atoms with Gasteiger partial charge in [0.15, 0.2) is 11.6 Å². The molecule has 158 valence electrons. The van der Waals surface area contributed by atoms with Gasteiger partial charge in [0.25, 0.3) is 0 Å². The van der Waals surface area contributed by atoms with E-state index in [1.807, 2.05) is 17.0 Å². The van der Waals surface area contributed by atoms with Crippen LogP contribution in [0.5, 0.6) is 0 Å². The maximum absolute atomic E-state index is 13.8. The lowest BCUT2D eigenvalue weighted by atomic mass is 10.2. The van der Waals surface area contributed by atoms with Crippen LogP contribution in [0.15, 0.2) is 30.3 Å². The highest BCUT2D eigenvalue weighted by atomic mass is 32.2. The van der Waals surface area contributed by atoms with E-state index in [9.17, 15) is 17.2 Å². The molecule has 0 amide bonds. The summed E-state index contributed by atoms with van der Waals surface area (Å²) < 4.78 is 53.7. The molecule has 1 aliphatic heterocycles. The minimum absolute atomic E-state index is 0.162.